The fraction of sp³-hybridized carbons (Fsp3) is 0. The van der Waals surface area contributed by atoms with Crippen molar-refractivity contribution in [3.8, 4) is 0 Å². The maximum Gasteiger partial charge on any atom is 0.323 e. The molecule has 5 nitrogen and oxygen atoms in total. The predicted octanol–water partition coefficient (Wildman–Crippen LogP) is 2.05. The summed E-state index contributed by atoms with van der Waals surface area (Å²) in [6, 6.07) is 8.94. The number of aromatic amines is 1. The number of amides is 2. The van der Waals surface area contributed by atoms with Crippen LogP contribution >= 0.6 is 0 Å². The molecule has 1 aromatic heterocycles. The molecule has 0 unspecified atom stereocenters. The zero-order valence-electron chi connectivity index (χ0n) is 7.90. The molecule has 2 amide bonds. The number of urea groups is 1. The predicted molar refractivity (Wildman–Crippen MR) is 57.7 cm³/mol. The number of H-pyrrole nitrogens is 1. The molecule has 0 radical (unpaired) electrons. The minimum atomic E-state index is -0.289. The summed E-state index contributed by atoms with van der Waals surface area (Å²) in [5, 5.41) is 11.6. The van der Waals surface area contributed by atoms with E-state index in [-0.39, 0.29) is 6.03 Å². The van der Waals surface area contributed by atoms with Gasteiger partial charge in [0.2, 0.25) is 0 Å². The van der Waals surface area contributed by atoms with Crippen LogP contribution in [-0.2, 0) is 0 Å². The van der Waals surface area contributed by atoms with Crippen LogP contribution in [0.5, 0.6) is 0 Å². The normalized spacial score (nSPS) is 9.60. The minimum absolute atomic E-state index is 0.289. The van der Waals surface area contributed by atoms with Crippen molar-refractivity contribution in [2.45, 2.75) is 0 Å². The van der Waals surface area contributed by atoms with Crippen LogP contribution < -0.4 is 10.6 Å². The zero-order valence-corrected chi connectivity index (χ0v) is 7.90. The third kappa shape index (κ3) is 2.57. The molecule has 5 heteroatoms. The smallest absolute Gasteiger partial charge is 0.308 e. The Morgan fingerprint density at radius 1 is 1.13 bits per heavy atom. The van der Waals surface area contributed by atoms with E-state index in [1.807, 2.05) is 30.3 Å². The van der Waals surface area contributed by atoms with Crippen molar-refractivity contribution < 1.29 is 4.79 Å². The van der Waals surface area contributed by atoms with Crippen LogP contribution in [0.25, 0.3) is 0 Å². The molecule has 0 bridgehead atoms. The average Bonchev–Trinajstić information content (AvgIpc) is 2.71. The van der Waals surface area contributed by atoms with E-state index in [2.05, 4.69) is 20.8 Å². The Labute approximate surface area is 86.5 Å². The first-order valence-corrected chi connectivity index (χ1v) is 4.46. The van der Waals surface area contributed by atoms with E-state index in [1.165, 1.54) is 6.20 Å². The third-order valence-electron chi connectivity index (χ3n) is 1.79. The zero-order chi connectivity index (χ0) is 10.5. The van der Waals surface area contributed by atoms with Gasteiger partial charge in [0.1, 0.15) is 0 Å². The molecule has 0 aliphatic rings. The van der Waals surface area contributed by atoms with Crippen LogP contribution in [0, 0.1) is 0 Å². The van der Waals surface area contributed by atoms with Crippen molar-refractivity contribution in [1.82, 2.24) is 10.2 Å². The minimum Gasteiger partial charge on any atom is -0.308 e. The molecule has 15 heavy (non-hydrogen) atoms. The third-order valence-corrected chi connectivity index (χ3v) is 1.79. The highest BCUT2D eigenvalue weighted by Crippen LogP contribution is 2.06. The van der Waals surface area contributed by atoms with E-state index in [9.17, 15) is 4.79 Å². The molecule has 0 aliphatic carbocycles. The van der Waals surface area contributed by atoms with Gasteiger partial charge in [-0.1, -0.05) is 18.2 Å². The van der Waals surface area contributed by atoms with Gasteiger partial charge in [-0.05, 0) is 12.1 Å². The van der Waals surface area contributed by atoms with Gasteiger partial charge < -0.3 is 10.6 Å². The van der Waals surface area contributed by atoms with Crippen molar-refractivity contribution in [1.29, 1.82) is 0 Å². The van der Waals surface area contributed by atoms with E-state index >= 15 is 0 Å². The fourth-order valence-electron chi connectivity index (χ4n) is 1.13. The fourth-order valence-corrected chi connectivity index (χ4v) is 1.13. The van der Waals surface area contributed by atoms with Gasteiger partial charge in [-0.15, -0.1) is 0 Å². The Kier molecular flexibility index (Phi) is 2.64. The standard InChI is InChI=1S/C10H10N4O/c15-10(14-9-6-11-12-7-9)13-8-4-2-1-3-5-8/h1-7H,(H,11,12)(H2,13,14,15). The number of hydrogen-bond donors (Lipinski definition) is 3. The van der Waals surface area contributed by atoms with Gasteiger partial charge in [0.15, 0.2) is 0 Å². The van der Waals surface area contributed by atoms with Gasteiger partial charge in [-0.25, -0.2) is 4.79 Å². The Morgan fingerprint density at radius 3 is 2.53 bits per heavy atom. The summed E-state index contributed by atoms with van der Waals surface area (Å²) in [5.74, 6) is 0. The maximum atomic E-state index is 11.4. The van der Waals surface area contributed by atoms with Crippen LogP contribution in [0.2, 0.25) is 0 Å². The summed E-state index contributed by atoms with van der Waals surface area (Å²) in [4.78, 5) is 11.4. The number of aromatic nitrogens is 2. The Bertz CT molecular complexity index is 424. The second-order valence-corrected chi connectivity index (χ2v) is 2.93. The highest BCUT2D eigenvalue weighted by atomic mass is 16.2. The second kappa shape index (κ2) is 4.28. The highest BCUT2D eigenvalue weighted by molar-refractivity contribution is 5.99. The maximum absolute atomic E-state index is 11.4. The summed E-state index contributed by atoms with van der Waals surface area (Å²) >= 11 is 0. The molecule has 0 spiro atoms. The van der Waals surface area contributed by atoms with Crippen LogP contribution in [0.3, 0.4) is 0 Å². The quantitative estimate of drug-likeness (QED) is 0.697. The van der Waals surface area contributed by atoms with Gasteiger partial charge in [0.25, 0.3) is 0 Å². The monoisotopic (exact) mass is 202 g/mol. The molecule has 1 aromatic carbocycles. The van der Waals surface area contributed by atoms with Crippen molar-refractivity contribution in [2.75, 3.05) is 10.6 Å². The summed E-state index contributed by atoms with van der Waals surface area (Å²) in [7, 11) is 0. The summed E-state index contributed by atoms with van der Waals surface area (Å²) in [6.07, 6.45) is 3.13. The van der Waals surface area contributed by atoms with E-state index in [1.54, 1.807) is 6.20 Å². The van der Waals surface area contributed by atoms with Crippen LogP contribution in [0.4, 0.5) is 16.2 Å². The number of carbonyl (C=O) groups is 1. The lowest BCUT2D eigenvalue weighted by molar-refractivity contribution is 0.262. The number of nitrogens with one attached hydrogen (secondary N) is 3. The Morgan fingerprint density at radius 2 is 1.87 bits per heavy atom. The van der Waals surface area contributed by atoms with Gasteiger partial charge in [-0.2, -0.15) is 5.10 Å². The summed E-state index contributed by atoms with van der Waals surface area (Å²) in [6.45, 7) is 0. The highest BCUT2D eigenvalue weighted by Gasteiger charge is 2.01. The molecule has 2 rings (SSSR count). The lowest BCUT2D eigenvalue weighted by atomic mass is 10.3. The number of rotatable bonds is 2. The van der Waals surface area contributed by atoms with Crippen molar-refractivity contribution in [3.63, 3.8) is 0 Å². The van der Waals surface area contributed by atoms with Gasteiger partial charge in [0.05, 0.1) is 11.9 Å². The van der Waals surface area contributed by atoms with Gasteiger partial charge >= 0.3 is 6.03 Å². The van der Waals surface area contributed by atoms with Crippen molar-refractivity contribution in [2.24, 2.45) is 0 Å². The van der Waals surface area contributed by atoms with Crippen molar-refractivity contribution >= 4 is 17.4 Å². The molecule has 0 saturated carbocycles. The lowest BCUT2D eigenvalue weighted by Gasteiger charge is -2.04. The molecule has 3 N–H and O–H groups in total. The Balaban J connectivity index is 1.94. The molecular weight excluding hydrogens is 192 g/mol. The molecule has 0 aliphatic heterocycles. The van der Waals surface area contributed by atoms with Crippen molar-refractivity contribution in [3.05, 3.63) is 42.7 Å². The van der Waals surface area contributed by atoms with Crippen LogP contribution in [0.15, 0.2) is 42.7 Å². The summed E-state index contributed by atoms with van der Waals surface area (Å²) in [5.41, 5.74) is 1.38. The molecule has 1 heterocycles. The lowest BCUT2D eigenvalue weighted by Crippen LogP contribution is -2.18. The molecule has 76 valence electrons. The molecular formula is C10H10N4O. The first kappa shape index (κ1) is 9.26. The van der Waals surface area contributed by atoms with E-state index in [0.29, 0.717) is 5.69 Å². The van der Waals surface area contributed by atoms with E-state index in [4.69, 9.17) is 0 Å². The SMILES string of the molecule is O=C(Nc1ccccc1)Nc1cn[nH]c1. The average molecular weight is 202 g/mol. The van der Waals surface area contributed by atoms with E-state index in [0.717, 1.165) is 5.69 Å². The second-order valence-electron chi connectivity index (χ2n) is 2.93. The largest absolute Gasteiger partial charge is 0.323 e. The topological polar surface area (TPSA) is 69.8 Å². The van der Waals surface area contributed by atoms with Crippen LogP contribution in [0.1, 0.15) is 0 Å². The number of benzene rings is 1. The van der Waals surface area contributed by atoms with Gasteiger partial charge in [0, 0.05) is 11.9 Å². The number of carbonyl (C=O) groups excluding carboxylic acids is 1. The van der Waals surface area contributed by atoms with E-state index < -0.39 is 0 Å². The summed E-state index contributed by atoms with van der Waals surface area (Å²) < 4.78 is 0. The van der Waals surface area contributed by atoms with Gasteiger partial charge in [-0.3, -0.25) is 5.10 Å². The number of para-hydroxylation sites is 1. The number of anilines is 2. The first-order chi connectivity index (χ1) is 7.34. The first-order valence-electron chi connectivity index (χ1n) is 4.46. The van der Waals surface area contributed by atoms with Crippen LogP contribution in [-0.4, -0.2) is 16.2 Å². The molecule has 0 fully saturated rings. The molecule has 0 atom stereocenters. The number of hydrogen-bond acceptors (Lipinski definition) is 2. The molecule has 0 saturated heterocycles. The Hall–Kier alpha value is -2.30. The number of nitrogens with zero attached hydrogens (tertiary/aromatic N) is 1. The molecule has 2 aromatic rings.